The molecule has 0 radical (unpaired) electrons. The van der Waals surface area contributed by atoms with Crippen LogP contribution in [0, 0.1) is 5.82 Å². The minimum atomic E-state index is -0.606. The Morgan fingerprint density at radius 1 is 1.14 bits per heavy atom. The van der Waals surface area contributed by atoms with Crippen LogP contribution in [0.2, 0.25) is 5.02 Å². The number of halogens is 2. The van der Waals surface area contributed by atoms with Gasteiger partial charge in [0.05, 0.1) is 6.10 Å². The van der Waals surface area contributed by atoms with Crippen LogP contribution in [0.4, 0.5) is 4.39 Å². The molecule has 4 heteroatoms. The van der Waals surface area contributed by atoms with Crippen molar-refractivity contribution in [2.45, 2.75) is 30.9 Å². The topological polar surface area (TPSA) is 32.3 Å². The summed E-state index contributed by atoms with van der Waals surface area (Å²) in [7, 11) is 0. The Morgan fingerprint density at radius 3 is 2.55 bits per heavy atom. The van der Waals surface area contributed by atoms with E-state index in [2.05, 4.69) is 5.32 Å². The monoisotopic (exact) mass is 319 g/mol. The molecular formula is C18H19ClFNO. The molecule has 0 bridgehead atoms. The zero-order valence-corrected chi connectivity index (χ0v) is 12.9. The number of rotatable bonds is 4. The molecular weight excluding hydrogens is 301 g/mol. The maximum Gasteiger partial charge on any atom is 0.123 e. The zero-order valence-electron chi connectivity index (χ0n) is 12.2. The van der Waals surface area contributed by atoms with Crippen LogP contribution in [0.1, 0.15) is 29.9 Å². The minimum absolute atomic E-state index is 0.0314. The van der Waals surface area contributed by atoms with Gasteiger partial charge in [0.25, 0.3) is 0 Å². The molecule has 2 nitrogen and oxygen atoms in total. The summed E-state index contributed by atoms with van der Waals surface area (Å²) >= 11 is 5.96. The Hall–Kier alpha value is -1.42. The fourth-order valence-electron chi connectivity index (χ4n) is 3.19. The van der Waals surface area contributed by atoms with Crippen molar-refractivity contribution < 1.29 is 9.50 Å². The Balaban J connectivity index is 1.99. The number of aliphatic hydroxyl groups excluding tert-OH is 1. The SMILES string of the molecule is O[C@H]([C@@H](c1ccc(Cl)cc1)c1cccc(F)c1)[C@H]1CCCN1. The fraction of sp³-hybridized carbons (Fsp3) is 0.333. The minimum Gasteiger partial charge on any atom is -0.391 e. The van der Waals surface area contributed by atoms with Gasteiger partial charge in [-0.15, -0.1) is 0 Å². The highest BCUT2D eigenvalue weighted by Gasteiger charge is 2.32. The van der Waals surface area contributed by atoms with E-state index in [4.69, 9.17) is 11.6 Å². The molecule has 2 aromatic rings. The predicted molar refractivity (Wildman–Crippen MR) is 86.7 cm³/mol. The molecule has 1 fully saturated rings. The van der Waals surface area contributed by atoms with Gasteiger partial charge >= 0.3 is 0 Å². The second-order valence-corrected chi connectivity index (χ2v) is 6.21. The summed E-state index contributed by atoms with van der Waals surface area (Å²) in [5.41, 5.74) is 1.72. The number of hydrogen-bond acceptors (Lipinski definition) is 2. The average Bonchev–Trinajstić information content (AvgIpc) is 3.04. The van der Waals surface area contributed by atoms with Crippen molar-refractivity contribution in [1.82, 2.24) is 5.32 Å². The first-order valence-electron chi connectivity index (χ1n) is 7.57. The van der Waals surface area contributed by atoms with E-state index < -0.39 is 6.10 Å². The van der Waals surface area contributed by atoms with Gasteiger partial charge in [-0.3, -0.25) is 0 Å². The van der Waals surface area contributed by atoms with Gasteiger partial charge in [0.1, 0.15) is 5.82 Å². The molecule has 1 aliphatic rings. The van der Waals surface area contributed by atoms with Crippen LogP contribution in [0.5, 0.6) is 0 Å². The molecule has 0 spiro atoms. The molecule has 3 rings (SSSR count). The van der Waals surface area contributed by atoms with E-state index in [0.717, 1.165) is 30.5 Å². The predicted octanol–water partition coefficient (Wildman–Crippen LogP) is 3.72. The largest absolute Gasteiger partial charge is 0.391 e. The van der Waals surface area contributed by atoms with E-state index in [1.165, 1.54) is 12.1 Å². The second-order valence-electron chi connectivity index (χ2n) is 5.78. The molecule has 1 heterocycles. The van der Waals surface area contributed by atoms with Crippen LogP contribution >= 0.6 is 11.6 Å². The lowest BCUT2D eigenvalue weighted by molar-refractivity contribution is 0.119. The van der Waals surface area contributed by atoms with Gasteiger partial charge in [0.15, 0.2) is 0 Å². The molecule has 2 N–H and O–H groups in total. The summed E-state index contributed by atoms with van der Waals surface area (Å²) in [5.74, 6) is -0.563. The van der Waals surface area contributed by atoms with Gasteiger partial charge in [-0.1, -0.05) is 35.9 Å². The number of aliphatic hydroxyl groups is 1. The molecule has 116 valence electrons. The molecule has 0 unspecified atom stereocenters. The van der Waals surface area contributed by atoms with Crippen molar-refractivity contribution in [1.29, 1.82) is 0 Å². The Labute approximate surface area is 134 Å². The van der Waals surface area contributed by atoms with E-state index in [1.807, 2.05) is 18.2 Å². The third-order valence-corrected chi connectivity index (χ3v) is 4.54. The third-order valence-electron chi connectivity index (χ3n) is 4.29. The zero-order chi connectivity index (χ0) is 15.5. The van der Waals surface area contributed by atoms with Gasteiger partial charge in [0, 0.05) is 17.0 Å². The number of benzene rings is 2. The Morgan fingerprint density at radius 2 is 1.91 bits per heavy atom. The molecule has 22 heavy (non-hydrogen) atoms. The lowest BCUT2D eigenvalue weighted by atomic mass is 9.83. The molecule has 2 aromatic carbocycles. The normalized spacial score (nSPS) is 20.8. The fourth-order valence-corrected chi connectivity index (χ4v) is 3.32. The van der Waals surface area contributed by atoms with Gasteiger partial charge in [-0.05, 0) is 54.8 Å². The molecule has 3 atom stereocenters. The second kappa shape index (κ2) is 6.78. The van der Waals surface area contributed by atoms with Crippen molar-refractivity contribution in [3.05, 3.63) is 70.5 Å². The van der Waals surface area contributed by atoms with E-state index in [0.29, 0.717) is 5.02 Å². The third kappa shape index (κ3) is 3.32. The first-order valence-corrected chi connectivity index (χ1v) is 7.95. The maximum absolute atomic E-state index is 13.6. The first kappa shape index (κ1) is 15.5. The molecule has 1 saturated heterocycles. The van der Waals surface area contributed by atoms with Gasteiger partial charge in [-0.2, -0.15) is 0 Å². The quantitative estimate of drug-likeness (QED) is 0.900. The molecule has 1 aliphatic heterocycles. The first-order chi connectivity index (χ1) is 10.6. The summed E-state index contributed by atoms with van der Waals surface area (Å²) in [6, 6.07) is 13.9. The van der Waals surface area contributed by atoms with E-state index in [-0.39, 0.29) is 17.8 Å². The highest BCUT2D eigenvalue weighted by Crippen LogP contribution is 2.32. The number of hydrogen-bond donors (Lipinski definition) is 2. The van der Waals surface area contributed by atoms with Crippen LogP contribution in [0.3, 0.4) is 0 Å². The van der Waals surface area contributed by atoms with Crippen molar-refractivity contribution in [3.63, 3.8) is 0 Å². The Bertz CT molecular complexity index is 625. The van der Waals surface area contributed by atoms with E-state index in [1.54, 1.807) is 18.2 Å². The van der Waals surface area contributed by atoms with Crippen LogP contribution in [0.25, 0.3) is 0 Å². The van der Waals surface area contributed by atoms with Gasteiger partial charge in [-0.25, -0.2) is 4.39 Å². The van der Waals surface area contributed by atoms with Crippen LogP contribution in [0.15, 0.2) is 48.5 Å². The van der Waals surface area contributed by atoms with Crippen molar-refractivity contribution in [2.75, 3.05) is 6.54 Å². The summed E-state index contributed by atoms with van der Waals surface area (Å²) in [6.45, 7) is 0.915. The standard InChI is InChI=1S/C18H19ClFNO/c19-14-8-6-12(7-9-14)17(13-3-1-4-15(20)11-13)18(22)16-5-2-10-21-16/h1,3-4,6-9,11,16-18,21-22H,2,5,10H2/t16-,17+,18+/m1/s1. The molecule has 0 amide bonds. The van der Waals surface area contributed by atoms with Crippen LogP contribution in [-0.2, 0) is 0 Å². The molecule has 0 aromatic heterocycles. The van der Waals surface area contributed by atoms with Crippen molar-refractivity contribution in [2.24, 2.45) is 0 Å². The van der Waals surface area contributed by atoms with Crippen LogP contribution in [-0.4, -0.2) is 23.8 Å². The van der Waals surface area contributed by atoms with Crippen LogP contribution < -0.4 is 5.32 Å². The molecule has 0 saturated carbocycles. The van der Waals surface area contributed by atoms with Crippen molar-refractivity contribution >= 4 is 11.6 Å². The molecule has 0 aliphatic carbocycles. The average molecular weight is 320 g/mol. The van der Waals surface area contributed by atoms with E-state index >= 15 is 0 Å². The lowest BCUT2D eigenvalue weighted by Crippen LogP contribution is -2.39. The highest BCUT2D eigenvalue weighted by molar-refractivity contribution is 6.30. The number of nitrogens with one attached hydrogen (secondary N) is 1. The summed E-state index contributed by atoms with van der Waals surface area (Å²) in [4.78, 5) is 0. The smallest absolute Gasteiger partial charge is 0.123 e. The van der Waals surface area contributed by atoms with E-state index in [9.17, 15) is 9.50 Å². The summed E-state index contributed by atoms with van der Waals surface area (Å²) < 4.78 is 13.6. The van der Waals surface area contributed by atoms with Gasteiger partial charge in [0.2, 0.25) is 0 Å². The Kier molecular flexibility index (Phi) is 4.77. The lowest BCUT2D eigenvalue weighted by Gasteiger charge is -2.28. The van der Waals surface area contributed by atoms with Gasteiger partial charge < -0.3 is 10.4 Å². The summed E-state index contributed by atoms with van der Waals surface area (Å²) in [5, 5.41) is 14.8. The highest BCUT2D eigenvalue weighted by atomic mass is 35.5. The maximum atomic E-state index is 13.6. The van der Waals surface area contributed by atoms with Crippen molar-refractivity contribution in [3.8, 4) is 0 Å². The summed E-state index contributed by atoms with van der Waals surface area (Å²) in [6.07, 6.45) is 1.38.